The van der Waals surface area contributed by atoms with Crippen LogP contribution in [-0.4, -0.2) is 9.38 Å². The molecule has 2 rings (SSSR count). The molecule has 0 unspecified atom stereocenters. The van der Waals surface area contributed by atoms with Gasteiger partial charge < -0.3 is 5.73 Å². The normalized spacial score (nSPS) is 10.8. The SMILES string of the molecule is NCc1ccc2ncc(F)n2c1. The Kier molecular flexibility index (Phi) is 1.55. The van der Waals surface area contributed by atoms with Crippen LogP contribution in [-0.2, 0) is 6.54 Å². The average Bonchev–Trinajstić information content (AvgIpc) is 2.47. The molecule has 0 fully saturated rings. The lowest BCUT2D eigenvalue weighted by Crippen LogP contribution is -1.98. The van der Waals surface area contributed by atoms with Crippen molar-refractivity contribution in [3.8, 4) is 0 Å². The topological polar surface area (TPSA) is 43.3 Å². The van der Waals surface area contributed by atoms with Gasteiger partial charge in [0.2, 0.25) is 5.95 Å². The molecule has 4 heteroatoms. The number of fused-ring (bicyclic) bond motifs is 1. The van der Waals surface area contributed by atoms with Crippen LogP contribution in [0.25, 0.3) is 5.65 Å². The van der Waals surface area contributed by atoms with Crippen LogP contribution in [0.3, 0.4) is 0 Å². The summed E-state index contributed by atoms with van der Waals surface area (Å²) in [5.74, 6) is -0.361. The lowest BCUT2D eigenvalue weighted by Gasteiger charge is -1.97. The third kappa shape index (κ3) is 0.967. The Labute approximate surface area is 68.6 Å². The highest BCUT2D eigenvalue weighted by molar-refractivity contribution is 5.39. The van der Waals surface area contributed by atoms with Gasteiger partial charge in [0.25, 0.3) is 0 Å². The zero-order chi connectivity index (χ0) is 8.55. The van der Waals surface area contributed by atoms with Gasteiger partial charge in [0, 0.05) is 12.7 Å². The fraction of sp³-hybridized carbons (Fsp3) is 0.125. The molecule has 2 aromatic heterocycles. The number of nitrogens with two attached hydrogens (primary N) is 1. The van der Waals surface area contributed by atoms with Crippen molar-refractivity contribution in [1.29, 1.82) is 0 Å². The zero-order valence-corrected chi connectivity index (χ0v) is 6.37. The van der Waals surface area contributed by atoms with Crippen molar-refractivity contribution in [3.05, 3.63) is 36.0 Å². The van der Waals surface area contributed by atoms with E-state index in [1.54, 1.807) is 12.3 Å². The molecule has 0 saturated carbocycles. The predicted octanol–water partition coefficient (Wildman–Crippen LogP) is 0.932. The molecule has 62 valence electrons. The number of nitrogens with zero attached hydrogens (tertiary/aromatic N) is 2. The molecule has 2 N–H and O–H groups in total. The summed E-state index contributed by atoms with van der Waals surface area (Å²) in [6.07, 6.45) is 2.84. The number of hydrogen-bond acceptors (Lipinski definition) is 2. The van der Waals surface area contributed by atoms with Crippen LogP contribution in [0.5, 0.6) is 0 Å². The summed E-state index contributed by atoms with van der Waals surface area (Å²) in [7, 11) is 0. The van der Waals surface area contributed by atoms with E-state index in [1.807, 2.05) is 6.07 Å². The number of pyridine rings is 1. The Morgan fingerprint density at radius 3 is 3.08 bits per heavy atom. The molecule has 0 aliphatic carbocycles. The lowest BCUT2D eigenvalue weighted by molar-refractivity contribution is 0.572. The molecule has 2 heterocycles. The minimum Gasteiger partial charge on any atom is -0.326 e. The Balaban J connectivity index is 2.71. The molecular formula is C8H8FN3. The largest absolute Gasteiger partial charge is 0.326 e. The molecule has 0 aliphatic heterocycles. The van der Waals surface area contributed by atoms with Crippen molar-refractivity contribution < 1.29 is 4.39 Å². The summed E-state index contributed by atoms with van der Waals surface area (Å²) < 4.78 is 14.3. The molecule has 12 heavy (non-hydrogen) atoms. The van der Waals surface area contributed by atoms with Crippen molar-refractivity contribution in [2.24, 2.45) is 5.73 Å². The van der Waals surface area contributed by atoms with Gasteiger partial charge >= 0.3 is 0 Å². The second-order valence-electron chi connectivity index (χ2n) is 2.55. The van der Waals surface area contributed by atoms with E-state index < -0.39 is 0 Å². The van der Waals surface area contributed by atoms with E-state index in [0.29, 0.717) is 12.2 Å². The van der Waals surface area contributed by atoms with Crippen LogP contribution >= 0.6 is 0 Å². The molecule has 0 atom stereocenters. The third-order valence-electron chi connectivity index (χ3n) is 1.76. The Hall–Kier alpha value is -1.42. The number of rotatable bonds is 1. The average molecular weight is 165 g/mol. The summed E-state index contributed by atoms with van der Waals surface area (Å²) >= 11 is 0. The number of halogens is 1. The van der Waals surface area contributed by atoms with Crippen LogP contribution in [0, 0.1) is 5.95 Å². The van der Waals surface area contributed by atoms with Crippen molar-refractivity contribution in [3.63, 3.8) is 0 Å². The van der Waals surface area contributed by atoms with Gasteiger partial charge in [0.15, 0.2) is 0 Å². The second-order valence-corrected chi connectivity index (χ2v) is 2.55. The summed E-state index contributed by atoms with van der Waals surface area (Å²) in [5.41, 5.74) is 6.89. The Morgan fingerprint density at radius 2 is 2.33 bits per heavy atom. The Morgan fingerprint density at radius 1 is 1.50 bits per heavy atom. The number of imidazole rings is 1. The van der Waals surface area contributed by atoms with E-state index in [0.717, 1.165) is 5.56 Å². The Bertz CT molecular complexity index is 408. The number of hydrogen-bond donors (Lipinski definition) is 1. The summed E-state index contributed by atoms with van der Waals surface area (Å²) in [4.78, 5) is 3.84. The van der Waals surface area contributed by atoms with E-state index in [2.05, 4.69) is 4.98 Å². The molecule has 0 spiro atoms. The van der Waals surface area contributed by atoms with Gasteiger partial charge in [-0.05, 0) is 11.6 Å². The maximum absolute atomic E-state index is 12.9. The van der Waals surface area contributed by atoms with Gasteiger partial charge in [-0.3, -0.25) is 4.40 Å². The van der Waals surface area contributed by atoms with Crippen LogP contribution in [0.4, 0.5) is 4.39 Å². The molecule has 0 radical (unpaired) electrons. The highest BCUT2D eigenvalue weighted by Gasteiger charge is 2.00. The van der Waals surface area contributed by atoms with Gasteiger partial charge in [0.1, 0.15) is 5.65 Å². The van der Waals surface area contributed by atoms with Crippen LogP contribution < -0.4 is 5.73 Å². The molecule has 2 aromatic rings. The molecule has 3 nitrogen and oxygen atoms in total. The first-order valence-electron chi connectivity index (χ1n) is 3.63. The van der Waals surface area contributed by atoms with Crippen molar-refractivity contribution in [1.82, 2.24) is 9.38 Å². The summed E-state index contributed by atoms with van der Waals surface area (Å²) in [6.45, 7) is 0.410. The van der Waals surface area contributed by atoms with E-state index >= 15 is 0 Å². The standard InChI is InChI=1S/C8H8FN3/c9-7-4-11-8-2-1-6(3-10)5-12(7)8/h1-2,4-5H,3,10H2. The van der Waals surface area contributed by atoms with Gasteiger partial charge in [-0.25, -0.2) is 4.98 Å². The first-order valence-corrected chi connectivity index (χ1v) is 3.63. The zero-order valence-electron chi connectivity index (χ0n) is 6.37. The lowest BCUT2D eigenvalue weighted by atomic mass is 10.3. The maximum Gasteiger partial charge on any atom is 0.217 e. The fourth-order valence-electron chi connectivity index (χ4n) is 1.12. The van der Waals surface area contributed by atoms with Crippen molar-refractivity contribution in [2.45, 2.75) is 6.54 Å². The third-order valence-corrected chi connectivity index (χ3v) is 1.76. The van der Waals surface area contributed by atoms with E-state index in [4.69, 9.17) is 5.73 Å². The first kappa shape index (κ1) is 7.24. The highest BCUT2D eigenvalue weighted by Crippen LogP contribution is 2.06. The molecule has 0 aromatic carbocycles. The molecule has 0 amide bonds. The van der Waals surface area contributed by atoms with E-state index in [1.165, 1.54) is 10.6 Å². The predicted molar refractivity (Wildman–Crippen MR) is 43.0 cm³/mol. The monoisotopic (exact) mass is 165 g/mol. The van der Waals surface area contributed by atoms with Gasteiger partial charge in [-0.2, -0.15) is 4.39 Å². The summed E-state index contributed by atoms with van der Waals surface area (Å²) in [5, 5.41) is 0. The maximum atomic E-state index is 12.9. The van der Waals surface area contributed by atoms with Crippen LogP contribution in [0.15, 0.2) is 24.5 Å². The minimum atomic E-state index is -0.361. The fourth-order valence-corrected chi connectivity index (χ4v) is 1.12. The van der Waals surface area contributed by atoms with Crippen molar-refractivity contribution in [2.75, 3.05) is 0 Å². The van der Waals surface area contributed by atoms with E-state index in [9.17, 15) is 4.39 Å². The van der Waals surface area contributed by atoms with E-state index in [-0.39, 0.29) is 5.95 Å². The molecule has 0 bridgehead atoms. The molecular weight excluding hydrogens is 157 g/mol. The smallest absolute Gasteiger partial charge is 0.217 e. The minimum absolute atomic E-state index is 0.361. The molecule has 0 aliphatic rings. The highest BCUT2D eigenvalue weighted by atomic mass is 19.1. The van der Waals surface area contributed by atoms with Gasteiger partial charge in [-0.1, -0.05) is 6.07 Å². The van der Waals surface area contributed by atoms with Crippen molar-refractivity contribution >= 4 is 5.65 Å². The van der Waals surface area contributed by atoms with Gasteiger partial charge in [-0.15, -0.1) is 0 Å². The van der Waals surface area contributed by atoms with Crippen LogP contribution in [0.1, 0.15) is 5.56 Å². The first-order chi connectivity index (χ1) is 5.81. The second kappa shape index (κ2) is 2.57. The number of aromatic nitrogens is 2. The van der Waals surface area contributed by atoms with Gasteiger partial charge in [0.05, 0.1) is 6.20 Å². The van der Waals surface area contributed by atoms with Crippen LogP contribution in [0.2, 0.25) is 0 Å². The molecule has 0 saturated heterocycles. The summed E-state index contributed by atoms with van der Waals surface area (Å²) in [6, 6.07) is 3.58. The quantitative estimate of drug-likeness (QED) is 0.683.